The van der Waals surface area contributed by atoms with Crippen LogP contribution >= 0.6 is 0 Å². The van der Waals surface area contributed by atoms with E-state index in [1.807, 2.05) is 35.2 Å². The Kier molecular flexibility index (Phi) is 3.99. The Morgan fingerprint density at radius 1 is 1.33 bits per heavy atom. The number of benzene rings is 1. The van der Waals surface area contributed by atoms with Crippen LogP contribution in [-0.2, 0) is 11.2 Å². The molecular formula is C16H19N3O2. The first-order valence-corrected chi connectivity index (χ1v) is 7.37. The third-order valence-corrected chi connectivity index (χ3v) is 3.85. The standard InChI is InChI=1S/C16H19N3O2/c1-12-17-16(21-18-12)14-9-5-6-10-19(14)15(20)11-13-7-3-2-4-8-13/h2-4,7-8,14H,5-6,9-11H2,1H3/t14-/m0/s1. The minimum atomic E-state index is -0.0730. The number of piperidine rings is 1. The molecule has 0 saturated carbocycles. The van der Waals surface area contributed by atoms with Gasteiger partial charge in [0, 0.05) is 6.54 Å². The summed E-state index contributed by atoms with van der Waals surface area (Å²) in [6, 6.07) is 9.76. The highest BCUT2D eigenvalue weighted by atomic mass is 16.5. The van der Waals surface area contributed by atoms with E-state index in [0.717, 1.165) is 31.4 Å². The molecule has 1 aliphatic heterocycles. The van der Waals surface area contributed by atoms with Gasteiger partial charge in [-0.15, -0.1) is 0 Å². The number of carbonyl (C=O) groups is 1. The van der Waals surface area contributed by atoms with Crippen LogP contribution in [0.25, 0.3) is 0 Å². The molecule has 1 saturated heterocycles. The van der Waals surface area contributed by atoms with Gasteiger partial charge < -0.3 is 9.42 Å². The Morgan fingerprint density at radius 3 is 2.86 bits per heavy atom. The number of hydrogen-bond acceptors (Lipinski definition) is 4. The van der Waals surface area contributed by atoms with Gasteiger partial charge in [0.25, 0.3) is 0 Å². The number of likely N-dealkylation sites (tertiary alicyclic amines) is 1. The quantitative estimate of drug-likeness (QED) is 0.870. The molecule has 1 aliphatic rings. The Hall–Kier alpha value is -2.17. The van der Waals surface area contributed by atoms with Crippen molar-refractivity contribution in [3.8, 4) is 0 Å². The van der Waals surface area contributed by atoms with Crippen LogP contribution in [0.2, 0.25) is 0 Å². The maximum Gasteiger partial charge on any atom is 0.249 e. The van der Waals surface area contributed by atoms with Crippen molar-refractivity contribution in [2.75, 3.05) is 6.54 Å². The van der Waals surface area contributed by atoms with Gasteiger partial charge in [0.1, 0.15) is 6.04 Å². The van der Waals surface area contributed by atoms with Crippen LogP contribution in [0, 0.1) is 6.92 Å². The van der Waals surface area contributed by atoms with Gasteiger partial charge in [-0.2, -0.15) is 4.98 Å². The monoisotopic (exact) mass is 285 g/mol. The average Bonchev–Trinajstić information content (AvgIpc) is 2.95. The molecule has 1 atom stereocenters. The molecule has 1 aromatic heterocycles. The summed E-state index contributed by atoms with van der Waals surface area (Å²) in [7, 11) is 0. The highest BCUT2D eigenvalue weighted by Gasteiger charge is 2.31. The number of hydrogen-bond donors (Lipinski definition) is 0. The first-order valence-electron chi connectivity index (χ1n) is 7.37. The summed E-state index contributed by atoms with van der Waals surface area (Å²) in [5.41, 5.74) is 1.04. The minimum Gasteiger partial charge on any atom is -0.337 e. The van der Waals surface area contributed by atoms with Gasteiger partial charge in [-0.1, -0.05) is 35.5 Å². The van der Waals surface area contributed by atoms with Gasteiger partial charge in [0.2, 0.25) is 11.8 Å². The Labute approximate surface area is 124 Å². The zero-order valence-electron chi connectivity index (χ0n) is 12.2. The van der Waals surface area contributed by atoms with Crippen molar-refractivity contribution < 1.29 is 9.32 Å². The lowest BCUT2D eigenvalue weighted by Gasteiger charge is -2.33. The fraction of sp³-hybridized carbons (Fsp3) is 0.438. The molecule has 0 N–H and O–H groups in total. The molecule has 5 heteroatoms. The molecule has 2 aromatic rings. The molecule has 1 fully saturated rings. The van der Waals surface area contributed by atoms with Gasteiger partial charge in [0.15, 0.2) is 5.82 Å². The smallest absolute Gasteiger partial charge is 0.249 e. The Balaban J connectivity index is 1.76. The second-order valence-electron chi connectivity index (χ2n) is 5.44. The maximum atomic E-state index is 12.6. The van der Waals surface area contributed by atoms with Crippen molar-refractivity contribution in [2.45, 2.75) is 38.6 Å². The Bertz CT molecular complexity index is 609. The largest absolute Gasteiger partial charge is 0.337 e. The molecule has 0 bridgehead atoms. The highest BCUT2D eigenvalue weighted by molar-refractivity contribution is 5.79. The number of aryl methyl sites for hydroxylation is 1. The summed E-state index contributed by atoms with van der Waals surface area (Å²) >= 11 is 0. The molecule has 1 amide bonds. The zero-order valence-corrected chi connectivity index (χ0v) is 12.2. The molecule has 0 radical (unpaired) electrons. The molecule has 0 spiro atoms. The van der Waals surface area contributed by atoms with E-state index in [1.54, 1.807) is 6.92 Å². The first-order chi connectivity index (χ1) is 10.2. The van der Waals surface area contributed by atoms with E-state index < -0.39 is 0 Å². The number of rotatable bonds is 3. The summed E-state index contributed by atoms with van der Waals surface area (Å²) < 4.78 is 5.28. The van der Waals surface area contributed by atoms with E-state index in [-0.39, 0.29) is 11.9 Å². The predicted molar refractivity (Wildman–Crippen MR) is 77.5 cm³/mol. The summed E-state index contributed by atoms with van der Waals surface area (Å²) in [5.74, 6) is 1.31. The van der Waals surface area contributed by atoms with Gasteiger partial charge >= 0.3 is 0 Å². The van der Waals surface area contributed by atoms with E-state index in [0.29, 0.717) is 18.1 Å². The maximum absolute atomic E-state index is 12.6. The number of aromatic nitrogens is 2. The molecule has 0 unspecified atom stereocenters. The van der Waals surface area contributed by atoms with E-state index in [1.165, 1.54) is 0 Å². The lowest BCUT2D eigenvalue weighted by molar-refractivity contribution is -0.135. The number of carbonyl (C=O) groups excluding carboxylic acids is 1. The molecule has 110 valence electrons. The second kappa shape index (κ2) is 6.08. The number of nitrogens with zero attached hydrogens (tertiary/aromatic N) is 3. The Morgan fingerprint density at radius 2 is 2.14 bits per heavy atom. The average molecular weight is 285 g/mol. The van der Waals surface area contributed by atoms with Crippen LogP contribution in [-0.4, -0.2) is 27.5 Å². The van der Waals surface area contributed by atoms with Gasteiger partial charge in [-0.25, -0.2) is 0 Å². The van der Waals surface area contributed by atoms with Crippen molar-refractivity contribution in [1.29, 1.82) is 0 Å². The molecule has 1 aromatic carbocycles. The third-order valence-electron chi connectivity index (χ3n) is 3.85. The van der Waals surface area contributed by atoms with Crippen LogP contribution < -0.4 is 0 Å². The summed E-state index contributed by atoms with van der Waals surface area (Å²) in [6.07, 6.45) is 3.43. The minimum absolute atomic E-state index is 0.0730. The first kappa shape index (κ1) is 13.8. The molecule has 0 aliphatic carbocycles. The molecule has 5 nitrogen and oxygen atoms in total. The van der Waals surface area contributed by atoms with Crippen LogP contribution in [0.4, 0.5) is 0 Å². The molecular weight excluding hydrogens is 266 g/mol. The summed E-state index contributed by atoms with van der Waals surface area (Å²) in [5, 5.41) is 3.85. The van der Waals surface area contributed by atoms with Crippen molar-refractivity contribution >= 4 is 5.91 Å². The number of amides is 1. The molecule has 21 heavy (non-hydrogen) atoms. The van der Waals surface area contributed by atoms with Gasteiger partial charge in [-0.3, -0.25) is 4.79 Å². The van der Waals surface area contributed by atoms with E-state index in [9.17, 15) is 4.79 Å². The van der Waals surface area contributed by atoms with Gasteiger partial charge in [-0.05, 0) is 31.7 Å². The van der Waals surface area contributed by atoms with Crippen molar-refractivity contribution in [1.82, 2.24) is 15.0 Å². The predicted octanol–water partition coefficient (Wildman–Crippen LogP) is 2.67. The second-order valence-corrected chi connectivity index (χ2v) is 5.44. The summed E-state index contributed by atoms with van der Waals surface area (Å²) in [4.78, 5) is 18.8. The molecule has 3 rings (SSSR count). The highest BCUT2D eigenvalue weighted by Crippen LogP contribution is 2.30. The fourth-order valence-corrected chi connectivity index (χ4v) is 2.81. The van der Waals surface area contributed by atoms with Crippen LogP contribution in [0.5, 0.6) is 0 Å². The van der Waals surface area contributed by atoms with E-state index >= 15 is 0 Å². The van der Waals surface area contributed by atoms with Gasteiger partial charge in [0.05, 0.1) is 6.42 Å². The van der Waals surface area contributed by atoms with Crippen LogP contribution in [0.3, 0.4) is 0 Å². The zero-order chi connectivity index (χ0) is 14.7. The lowest BCUT2D eigenvalue weighted by Crippen LogP contribution is -2.39. The van der Waals surface area contributed by atoms with Crippen LogP contribution in [0.15, 0.2) is 34.9 Å². The summed E-state index contributed by atoms with van der Waals surface area (Å²) in [6.45, 7) is 2.56. The fourth-order valence-electron chi connectivity index (χ4n) is 2.81. The van der Waals surface area contributed by atoms with Crippen LogP contribution in [0.1, 0.15) is 42.6 Å². The normalized spacial score (nSPS) is 18.7. The van der Waals surface area contributed by atoms with E-state index in [4.69, 9.17) is 4.52 Å². The van der Waals surface area contributed by atoms with E-state index in [2.05, 4.69) is 10.1 Å². The molecule has 2 heterocycles. The van der Waals surface area contributed by atoms with Crippen molar-refractivity contribution in [3.63, 3.8) is 0 Å². The topological polar surface area (TPSA) is 59.2 Å². The third kappa shape index (κ3) is 3.12. The van der Waals surface area contributed by atoms with Crippen molar-refractivity contribution in [3.05, 3.63) is 47.6 Å². The van der Waals surface area contributed by atoms with Crippen molar-refractivity contribution in [2.24, 2.45) is 0 Å². The lowest BCUT2D eigenvalue weighted by atomic mass is 10.0. The SMILES string of the molecule is Cc1noc([C@@H]2CCCCN2C(=O)Cc2ccccc2)n1.